The lowest BCUT2D eigenvalue weighted by molar-refractivity contribution is -0.131. The summed E-state index contributed by atoms with van der Waals surface area (Å²) in [5.41, 5.74) is 2.21. The van der Waals surface area contributed by atoms with E-state index in [1.165, 1.54) is 24.5 Å². The van der Waals surface area contributed by atoms with E-state index in [-0.39, 0.29) is 0 Å². The Hall–Kier alpha value is -1.61. The van der Waals surface area contributed by atoms with Crippen LogP contribution in [0.1, 0.15) is 30.9 Å². The summed E-state index contributed by atoms with van der Waals surface area (Å²) in [5.74, 6) is -0.0799. The van der Waals surface area contributed by atoms with Crippen molar-refractivity contribution in [2.75, 3.05) is 13.1 Å². The fourth-order valence-corrected chi connectivity index (χ4v) is 2.63. The number of nitrogens with zero attached hydrogens (tertiary/aromatic N) is 1. The van der Waals surface area contributed by atoms with Crippen LogP contribution in [-0.2, 0) is 11.3 Å². The van der Waals surface area contributed by atoms with Crippen LogP contribution in [0.15, 0.2) is 30.3 Å². The number of hydrogen-bond acceptors (Lipinski definition) is 2. The Bertz CT molecular complexity index is 468. The summed E-state index contributed by atoms with van der Waals surface area (Å²) in [4.78, 5) is 13.1. The Morgan fingerprint density at radius 2 is 2.26 bits per heavy atom. The van der Waals surface area contributed by atoms with Gasteiger partial charge in [-0.2, -0.15) is 0 Å². The van der Waals surface area contributed by atoms with Crippen molar-refractivity contribution in [1.29, 1.82) is 0 Å². The number of carboxylic acids is 1. The van der Waals surface area contributed by atoms with Gasteiger partial charge < -0.3 is 5.11 Å². The lowest BCUT2D eigenvalue weighted by Gasteiger charge is -2.17. The van der Waals surface area contributed by atoms with Gasteiger partial charge in [0.1, 0.15) is 0 Å². The summed E-state index contributed by atoms with van der Waals surface area (Å²) in [6.45, 7) is 5.47. The predicted octanol–water partition coefficient (Wildman–Crippen LogP) is 3.02. The third-order valence-electron chi connectivity index (χ3n) is 3.80. The van der Waals surface area contributed by atoms with E-state index in [4.69, 9.17) is 5.11 Å². The molecule has 3 nitrogen and oxygen atoms in total. The molecular formula is C16H21NO2. The molecule has 0 saturated carbocycles. The second-order valence-corrected chi connectivity index (χ2v) is 5.17. The number of benzene rings is 1. The SMILES string of the molecule is CCC1CCN(Cc2ccccc2/C=C/C(=O)O)C1. The molecule has 0 radical (unpaired) electrons. The maximum absolute atomic E-state index is 10.6. The van der Waals surface area contributed by atoms with Crippen LogP contribution in [-0.4, -0.2) is 29.1 Å². The quantitative estimate of drug-likeness (QED) is 0.826. The number of carbonyl (C=O) groups is 1. The first kappa shape index (κ1) is 13.8. The molecule has 1 saturated heterocycles. The van der Waals surface area contributed by atoms with E-state index in [0.717, 1.165) is 31.1 Å². The highest BCUT2D eigenvalue weighted by Gasteiger charge is 2.21. The molecule has 1 fully saturated rings. The highest BCUT2D eigenvalue weighted by atomic mass is 16.4. The van der Waals surface area contributed by atoms with Crippen molar-refractivity contribution >= 4 is 12.0 Å². The lowest BCUT2D eigenvalue weighted by Crippen LogP contribution is -2.20. The normalized spacial score (nSPS) is 20.2. The number of aliphatic carboxylic acids is 1. The van der Waals surface area contributed by atoms with Gasteiger partial charge in [0, 0.05) is 19.2 Å². The van der Waals surface area contributed by atoms with Gasteiger partial charge in [-0.15, -0.1) is 0 Å². The van der Waals surface area contributed by atoms with E-state index >= 15 is 0 Å². The molecule has 0 amide bonds. The molecule has 102 valence electrons. The van der Waals surface area contributed by atoms with Crippen molar-refractivity contribution in [2.24, 2.45) is 5.92 Å². The Kier molecular flexibility index (Phi) is 4.74. The summed E-state index contributed by atoms with van der Waals surface area (Å²) in [6, 6.07) is 8.02. The summed E-state index contributed by atoms with van der Waals surface area (Å²) in [6.07, 6.45) is 5.42. The van der Waals surface area contributed by atoms with Crippen LogP contribution in [0.3, 0.4) is 0 Å². The molecule has 1 heterocycles. The molecule has 1 atom stereocenters. The first-order valence-corrected chi connectivity index (χ1v) is 6.90. The monoisotopic (exact) mass is 259 g/mol. The molecule has 3 heteroatoms. The zero-order valence-electron chi connectivity index (χ0n) is 11.4. The third kappa shape index (κ3) is 3.93. The van der Waals surface area contributed by atoms with Crippen molar-refractivity contribution in [3.8, 4) is 0 Å². The molecule has 1 N–H and O–H groups in total. The van der Waals surface area contributed by atoms with Crippen molar-refractivity contribution in [3.05, 3.63) is 41.5 Å². The van der Waals surface area contributed by atoms with Crippen molar-refractivity contribution in [3.63, 3.8) is 0 Å². The second-order valence-electron chi connectivity index (χ2n) is 5.17. The number of carboxylic acid groups (broad SMARTS) is 1. The Labute approximate surface area is 114 Å². The van der Waals surface area contributed by atoms with Gasteiger partial charge in [-0.1, -0.05) is 37.6 Å². The molecule has 0 bridgehead atoms. The zero-order chi connectivity index (χ0) is 13.7. The minimum atomic E-state index is -0.901. The molecule has 0 spiro atoms. The average Bonchev–Trinajstić information content (AvgIpc) is 2.85. The molecule has 1 aromatic carbocycles. The summed E-state index contributed by atoms with van der Waals surface area (Å²) in [7, 11) is 0. The van der Waals surface area contributed by atoms with Gasteiger partial charge in [0.2, 0.25) is 0 Å². The minimum Gasteiger partial charge on any atom is -0.478 e. The highest BCUT2D eigenvalue weighted by Crippen LogP contribution is 2.22. The van der Waals surface area contributed by atoms with Crippen molar-refractivity contribution in [2.45, 2.75) is 26.3 Å². The maximum Gasteiger partial charge on any atom is 0.328 e. The fraction of sp³-hybridized carbons (Fsp3) is 0.438. The van der Waals surface area contributed by atoms with Crippen LogP contribution < -0.4 is 0 Å². The van der Waals surface area contributed by atoms with Crippen LogP contribution in [0.5, 0.6) is 0 Å². The number of rotatable bonds is 5. The van der Waals surface area contributed by atoms with Gasteiger partial charge in [0.15, 0.2) is 0 Å². The smallest absolute Gasteiger partial charge is 0.328 e. The van der Waals surface area contributed by atoms with Gasteiger partial charge in [-0.05, 0) is 36.1 Å². The molecule has 0 aromatic heterocycles. The van der Waals surface area contributed by atoms with Crippen LogP contribution in [0.25, 0.3) is 6.08 Å². The van der Waals surface area contributed by atoms with E-state index in [2.05, 4.69) is 17.9 Å². The van der Waals surface area contributed by atoms with Gasteiger partial charge in [-0.3, -0.25) is 4.90 Å². The van der Waals surface area contributed by atoms with Gasteiger partial charge in [0.05, 0.1) is 0 Å². The predicted molar refractivity (Wildman–Crippen MR) is 76.8 cm³/mol. The first-order chi connectivity index (χ1) is 9.19. The average molecular weight is 259 g/mol. The molecule has 1 aromatic rings. The standard InChI is InChI=1S/C16H21NO2/c1-2-13-9-10-17(11-13)12-15-6-4-3-5-14(15)7-8-16(18)19/h3-8,13H,2,9-12H2,1H3,(H,18,19)/b8-7+. The second kappa shape index (κ2) is 6.53. The lowest BCUT2D eigenvalue weighted by atomic mass is 10.1. The first-order valence-electron chi connectivity index (χ1n) is 6.90. The summed E-state index contributed by atoms with van der Waals surface area (Å²) in [5, 5.41) is 8.72. The van der Waals surface area contributed by atoms with Gasteiger partial charge in [0.25, 0.3) is 0 Å². The molecule has 0 aliphatic carbocycles. The molecule has 1 unspecified atom stereocenters. The van der Waals surface area contributed by atoms with Gasteiger partial charge >= 0.3 is 5.97 Å². The summed E-state index contributed by atoms with van der Waals surface area (Å²) < 4.78 is 0. The van der Waals surface area contributed by atoms with E-state index in [0.29, 0.717) is 0 Å². The van der Waals surface area contributed by atoms with Crippen LogP contribution in [0, 0.1) is 5.92 Å². The number of likely N-dealkylation sites (tertiary alicyclic amines) is 1. The minimum absolute atomic E-state index is 0.821. The highest BCUT2D eigenvalue weighted by molar-refractivity contribution is 5.85. The fourth-order valence-electron chi connectivity index (χ4n) is 2.63. The Morgan fingerprint density at radius 3 is 2.95 bits per heavy atom. The maximum atomic E-state index is 10.6. The molecule has 1 aliphatic heterocycles. The van der Waals surface area contributed by atoms with E-state index in [9.17, 15) is 4.79 Å². The van der Waals surface area contributed by atoms with Gasteiger partial charge in [-0.25, -0.2) is 4.79 Å². The van der Waals surface area contributed by atoms with Crippen LogP contribution in [0.2, 0.25) is 0 Å². The third-order valence-corrected chi connectivity index (χ3v) is 3.80. The van der Waals surface area contributed by atoms with E-state index < -0.39 is 5.97 Å². The van der Waals surface area contributed by atoms with Crippen LogP contribution >= 0.6 is 0 Å². The van der Waals surface area contributed by atoms with E-state index in [1.54, 1.807) is 6.08 Å². The summed E-state index contributed by atoms with van der Waals surface area (Å²) >= 11 is 0. The Morgan fingerprint density at radius 1 is 1.47 bits per heavy atom. The largest absolute Gasteiger partial charge is 0.478 e. The number of hydrogen-bond donors (Lipinski definition) is 1. The topological polar surface area (TPSA) is 40.5 Å². The van der Waals surface area contributed by atoms with Crippen molar-refractivity contribution < 1.29 is 9.90 Å². The molecule has 2 rings (SSSR count). The zero-order valence-corrected chi connectivity index (χ0v) is 11.4. The molecule has 19 heavy (non-hydrogen) atoms. The van der Waals surface area contributed by atoms with Crippen LogP contribution in [0.4, 0.5) is 0 Å². The van der Waals surface area contributed by atoms with Crippen molar-refractivity contribution in [1.82, 2.24) is 4.90 Å². The molecular weight excluding hydrogens is 238 g/mol. The Balaban J connectivity index is 2.06. The molecule has 1 aliphatic rings. The van der Waals surface area contributed by atoms with E-state index in [1.807, 2.05) is 18.2 Å².